The highest BCUT2D eigenvalue weighted by Gasteiger charge is 2.29. The highest BCUT2D eigenvalue weighted by Crippen LogP contribution is 2.34. The molecular formula is C23H32N4OS. The standard InChI is InChI=1S/C23H32N4OS/c1-3-24-23(27(2)16-21-26-19-11-7-8-12-20(19)29-21)25-15-18-13-14-28-22(18)17-9-5-4-6-10-17/h4-6,9-10,18,22H,3,7-8,11-16H2,1-2H3,(H,24,25). The van der Waals surface area contributed by atoms with E-state index in [0.717, 1.165) is 45.0 Å². The summed E-state index contributed by atoms with van der Waals surface area (Å²) in [6.45, 7) is 5.39. The second kappa shape index (κ2) is 9.72. The van der Waals surface area contributed by atoms with Crippen molar-refractivity contribution in [3.63, 3.8) is 0 Å². The van der Waals surface area contributed by atoms with E-state index in [0.29, 0.717) is 5.92 Å². The molecule has 0 amide bonds. The largest absolute Gasteiger partial charge is 0.373 e. The molecule has 6 heteroatoms. The van der Waals surface area contributed by atoms with E-state index in [1.807, 2.05) is 11.3 Å². The molecule has 1 aliphatic heterocycles. The number of benzene rings is 1. The summed E-state index contributed by atoms with van der Waals surface area (Å²) in [5.41, 5.74) is 2.59. The van der Waals surface area contributed by atoms with Gasteiger partial charge in [-0.05, 0) is 44.6 Å². The van der Waals surface area contributed by atoms with Crippen LogP contribution in [0.3, 0.4) is 0 Å². The Morgan fingerprint density at radius 2 is 2.10 bits per heavy atom. The number of nitrogens with one attached hydrogen (secondary N) is 1. The molecule has 1 aromatic heterocycles. The van der Waals surface area contributed by atoms with E-state index in [9.17, 15) is 0 Å². The maximum atomic E-state index is 6.03. The van der Waals surface area contributed by atoms with E-state index in [1.165, 1.54) is 40.4 Å². The zero-order valence-electron chi connectivity index (χ0n) is 17.6. The smallest absolute Gasteiger partial charge is 0.194 e. The summed E-state index contributed by atoms with van der Waals surface area (Å²) in [7, 11) is 2.11. The van der Waals surface area contributed by atoms with Crippen molar-refractivity contribution in [3.8, 4) is 0 Å². The van der Waals surface area contributed by atoms with Gasteiger partial charge in [0.1, 0.15) is 5.01 Å². The molecule has 1 saturated heterocycles. The molecule has 2 unspecified atom stereocenters. The number of hydrogen-bond acceptors (Lipinski definition) is 4. The van der Waals surface area contributed by atoms with Gasteiger partial charge >= 0.3 is 0 Å². The molecule has 1 aromatic carbocycles. The lowest BCUT2D eigenvalue weighted by molar-refractivity contribution is 0.0925. The molecule has 29 heavy (non-hydrogen) atoms. The molecule has 0 saturated carbocycles. The van der Waals surface area contributed by atoms with Gasteiger partial charge in [-0.1, -0.05) is 30.3 Å². The Balaban J connectivity index is 1.42. The summed E-state index contributed by atoms with van der Waals surface area (Å²) in [5, 5.41) is 4.66. The van der Waals surface area contributed by atoms with E-state index >= 15 is 0 Å². The predicted octanol–water partition coefficient (Wildman–Crippen LogP) is 4.20. The van der Waals surface area contributed by atoms with Crippen LogP contribution in [0, 0.1) is 5.92 Å². The van der Waals surface area contributed by atoms with Gasteiger partial charge in [0, 0.05) is 37.5 Å². The predicted molar refractivity (Wildman–Crippen MR) is 119 cm³/mol. The Morgan fingerprint density at radius 3 is 2.90 bits per heavy atom. The number of aromatic nitrogens is 1. The molecule has 5 nitrogen and oxygen atoms in total. The van der Waals surface area contributed by atoms with E-state index in [-0.39, 0.29) is 6.10 Å². The van der Waals surface area contributed by atoms with Crippen molar-refractivity contribution in [3.05, 3.63) is 51.5 Å². The van der Waals surface area contributed by atoms with Crippen LogP contribution in [0.5, 0.6) is 0 Å². The van der Waals surface area contributed by atoms with Crippen LogP contribution in [0.1, 0.15) is 53.4 Å². The minimum atomic E-state index is 0.152. The first kappa shape index (κ1) is 20.4. The third kappa shape index (κ3) is 4.98. The van der Waals surface area contributed by atoms with E-state index < -0.39 is 0 Å². The summed E-state index contributed by atoms with van der Waals surface area (Å²) in [4.78, 5) is 13.6. The van der Waals surface area contributed by atoms with Crippen molar-refractivity contribution in [2.24, 2.45) is 10.9 Å². The zero-order valence-corrected chi connectivity index (χ0v) is 18.4. The van der Waals surface area contributed by atoms with E-state index in [2.05, 4.69) is 54.5 Å². The molecule has 1 aliphatic carbocycles. The number of guanidine groups is 1. The second-order valence-electron chi connectivity index (χ2n) is 7.99. The zero-order chi connectivity index (χ0) is 20.1. The fourth-order valence-corrected chi connectivity index (χ4v) is 5.47. The Hall–Kier alpha value is -1.92. The first-order valence-electron chi connectivity index (χ1n) is 10.9. The summed E-state index contributed by atoms with van der Waals surface area (Å²) in [5.74, 6) is 1.38. The molecule has 4 rings (SSSR count). The maximum absolute atomic E-state index is 6.03. The average molecular weight is 413 g/mol. The van der Waals surface area contributed by atoms with Gasteiger partial charge in [-0.3, -0.25) is 4.99 Å². The first-order chi connectivity index (χ1) is 14.2. The molecule has 0 spiro atoms. The molecule has 0 radical (unpaired) electrons. The monoisotopic (exact) mass is 412 g/mol. The summed E-state index contributed by atoms with van der Waals surface area (Å²) < 4.78 is 6.03. The molecule has 2 aliphatic rings. The molecule has 2 atom stereocenters. The van der Waals surface area contributed by atoms with Crippen LogP contribution in [-0.4, -0.2) is 42.6 Å². The quantitative estimate of drug-likeness (QED) is 0.571. The van der Waals surface area contributed by atoms with Gasteiger partial charge in [0.05, 0.1) is 18.3 Å². The number of rotatable bonds is 6. The molecule has 1 N–H and O–H groups in total. The number of nitrogens with zero attached hydrogens (tertiary/aromatic N) is 3. The fourth-order valence-electron chi connectivity index (χ4n) is 4.26. The van der Waals surface area contributed by atoms with Crippen LogP contribution in [-0.2, 0) is 24.1 Å². The fraction of sp³-hybridized carbons (Fsp3) is 0.565. The minimum Gasteiger partial charge on any atom is -0.373 e. The highest BCUT2D eigenvalue weighted by atomic mass is 32.1. The number of fused-ring (bicyclic) bond motifs is 1. The van der Waals surface area contributed by atoms with Crippen molar-refractivity contribution in [1.29, 1.82) is 0 Å². The summed E-state index contributed by atoms with van der Waals surface area (Å²) in [6, 6.07) is 10.6. The molecule has 2 heterocycles. The molecular weight excluding hydrogens is 380 g/mol. The lowest BCUT2D eigenvalue weighted by Crippen LogP contribution is -2.39. The summed E-state index contributed by atoms with van der Waals surface area (Å²) in [6.07, 6.45) is 6.15. The number of aliphatic imine (C=N–C) groups is 1. The van der Waals surface area contributed by atoms with Gasteiger partial charge < -0.3 is 15.0 Å². The van der Waals surface area contributed by atoms with Crippen molar-refractivity contribution >= 4 is 17.3 Å². The molecule has 0 bridgehead atoms. The molecule has 156 valence electrons. The van der Waals surface area contributed by atoms with Gasteiger partial charge in [0.2, 0.25) is 0 Å². The van der Waals surface area contributed by atoms with E-state index in [4.69, 9.17) is 14.7 Å². The van der Waals surface area contributed by atoms with Gasteiger partial charge in [0.25, 0.3) is 0 Å². The van der Waals surface area contributed by atoms with Gasteiger partial charge in [-0.25, -0.2) is 4.98 Å². The van der Waals surface area contributed by atoms with Crippen molar-refractivity contribution < 1.29 is 4.74 Å². The Bertz CT molecular complexity index is 796. The van der Waals surface area contributed by atoms with E-state index in [1.54, 1.807) is 0 Å². The number of ether oxygens (including phenoxy) is 1. The maximum Gasteiger partial charge on any atom is 0.194 e. The topological polar surface area (TPSA) is 49.8 Å². The highest BCUT2D eigenvalue weighted by molar-refractivity contribution is 7.11. The van der Waals surface area contributed by atoms with Crippen LogP contribution >= 0.6 is 11.3 Å². The Labute approximate surface area is 178 Å². The number of thiazole rings is 1. The molecule has 2 aromatic rings. The van der Waals surface area contributed by atoms with Crippen molar-refractivity contribution in [1.82, 2.24) is 15.2 Å². The third-order valence-electron chi connectivity index (χ3n) is 5.78. The first-order valence-corrected chi connectivity index (χ1v) is 11.7. The van der Waals surface area contributed by atoms with Gasteiger partial charge in [-0.15, -0.1) is 11.3 Å². The van der Waals surface area contributed by atoms with Crippen LogP contribution in [0.4, 0.5) is 0 Å². The van der Waals surface area contributed by atoms with Crippen LogP contribution in [0.25, 0.3) is 0 Å². The normalized spacial score (nSPS) is 21.8. The lowest BCUT2D eigenvalue weighted by atomic mass is 9.95. The average Bonchev–Trinajstić information content (AvgIpc) is 3.37. The van der Waals surface area contributed by atoms with Crippen LogP contribution in [0.15, 0.2) is 35.3 Å². The van der Waals surface area contributed by atoms with Crippen molar-refractivity contribution in [2.45, 2.75) is 51.7 Å². The van der Waals surface area contributed by atoms with Crippen LogP contribution in [0.2, 0.25) is 0 Å². The van der Waals surface area contributed by atoms with Crippen molar-refractivity contribution in [2.75, 3.05) is 26.7 Å². The minimum absolute atomic E-state index is 0.152. The Morgan fingerprint density at radius 1 is 1.28 bits per heavy atom. The number of hydrogen-bond donors (Lipinski definition) is 1. The summed E-state index contributed by atoms with van der Waals surface area (Å²) >= 11 is 1.88. The second-order valence-corrected chi connectivity index (χ2v) is 9.15. The van der Waals surface area contributed by atoms with Gasteiger partial charge in [0.15, 0.2) is 5.96 Å². The van der Waals surface area contributed by atoms with Gasteiger partial charge in [-0.2, -0.15) is 0 Å². The SMILES string of the molecule is CCNC(=NCC1CCOC1c1ccccc1)N(C)Cc1nc2c(s1)CCCC2. The van der Waals surface area contributed by atoms with Crippen LogP contribution < -0.4 is 5.32 Å². The molecule has 1 fully saturated rings. The Kier molecular flexibility index (Phi) is 6.82. The third-order valence-corrected chi connectivity index (χ3v) is 6.92. The number of aryl methyl sites for hydroxylation is 2. The lowest BCUT2D eigenvalue weighted by Gasteiger charge is -2.23.